The van der Waals surface area contributed by atoms with Gasteiger partial charge in [0.1, 0.15) is 0 Å². The van der Waals surface area contributed by atoms with Crippen molar-refractivity contribution in [1.82, 2.24) is 0 Å². The van der Waals surface area contributed by atoms with E-state index in [1.165, 1.54) is 108 Å². The molecule has 0 aliphatic carbocycles. The highest BCUT2D eigenvalue weighted by Crippen LogP contribution is 2.23. The largest absolute Gasteiger partial charge is 0.466 e. The first-order valence-corrected chi connectivity index (χ1v) is 34.1. The monoisotopic (exact) mass is 1310 g/mol. The summed E-state index contributed by atoms with van der Waals surface area (Å²) in [5.74, 6) is -0.142. The molecule has 0 aliphatic rings. The number of esters is 2. The van der Waals surface area contributed by atoms with Gasteiger partial charge in [0.15, 0.2) is 0 Å². The van der Waals surface area contributed by atoms with Gasteiger partial charge in [-0.15, -0.1) is 0 Å². The minimum atomic E-state index is -0.394. The van der Waals surface area contributed by atoms with E-state index in [1.807, 2.05) is 85.0 Å². The lowest BCUT2D eigenvalue weighted by Gasteiger charge is -2.18. The van der Waals surface area contributed by atoms with Gasteiger partial charge in [-0.1, -0.05) is 399 Å². The molecule has 4 heteroatoms. The van der Waals surface area contributed by atoms with Crippen LogP contribution in [0.2, 0.25) is 0 Å². The fraction of sp³-hybridized carbons (Fsp3) is 0.200. The number of hydrogen-bond donors (Lipinski definition) is 0. The molecule has 0 saturated heterocycles. The van der Waals surface area contributed by atoms with Crippen LogP contribution < -0.4 is 0 Å². The zero-order chi connectivity index (χ0) is 73.2. The smallest absolute Gasteiger partial charge is 0.338 e. The Labute approximate surface area is 597 Å². The molecule has 1 unspecified atom stereocenters. The third kappa shape index (κ3) is 34.2. The van der Waals surface area contributed by atoms with Gasteiger partial charge in [0.25, 0.3) is 0 Å². The molecule has 0 aliphatic heterocycles. The van der Waals surface area contributed by atoms with E-state index in [0.29, 0.717) is 18.1 Å². The molecule has 10 rings (SSSR count). The van der Waals surface area contributed by atoms with Gasteiger partial charge in [-0.3, -0.25) is 0 Å². The van der Waals surface area contributed by atoms with Crippen LogP contribution in [0.4, 0.5) is 0 Å². The fourth-order valence-corrected chi connectivity index (χ4v) is 9.27. The van der Waals surface area contributed by atoms with E-state index in [4.69, 9.17) is 4.74 Å². The van der Waals surface area contributed by atoms with E-state index in [-0.39, 0.29) is 11.4 Å². The molecule has 0 heterocycles. The summed E-state index contributed by atoms with van der Waals surface area (Å²) in [5.41, 5.74) is 17.0. The summed E-state index contributed by atoms with van der Waals surface area (Å²) >= 11 is 0. The zero-order valence-corrected chi connectivity index (χ0v) is 61.2. The maximum Gasteiger partial charge on any atom is 0.338 e. The van der Waals surface area contributed by atoms with Crippen molar-refractivity contribution < 1.29 is 19.1 Å². The van der Waals surface area contributed by atoms with Gasteiger partial charge in [0.2, 0.25) is 0 Å². The zero-order valence-electron chi connectivity index (χ0n) is 61.2. The Morgan fingerprint density at radius 1 is 0.434 bits per heavy atom. The van der Waals surface area contributed by atoms with E-state index in [9.17, 15) is 9.59 Å². The Morgan fingerprint density at radius 3 is 1.32 bits per heavy atom. The molecule has 0 N–H and O–H groups in total. The van der Waals surface area contributed by atoms with E-state index in [2.05, 4.69) is 302 Å². The Balaban J connectivity index is 0.000000385. The van der Waals surface area contributed by atoms with Crippen molar-refractivity contribution in [3.63, 3.8) is 0 Å². The van der Waals surface area contributed by atoms with Crippen LogP contribution in [-0.2, 0) is 32.5 Å². The highest BCUT2D eigenvalue weighted by Gasteiger charge is 2.13. The van der Waals surface area contributed by atoms with Crippen LogP contribution in [0.25, 0.3) is 70.2 Å². The predicted octanol–water partition coefficient (Wildman–Crippen LogP) is 26.7. The Kier molecular flexibility index (Phi) is 42.4. The maximum absolute atomic E-state index is 11.9. The van der Waals surface area contributed by atoms with Crippen molar-refractivity contribution >= 4 is 82.1 Å². The van der Waals surface area contributed by atoms with Crippen LogP contribution >= 0.6 is 0 Å². The van der Waals surface area contributed by atoms with Crippen LogP contribution in [-0.4, -0.2) is 25.7 Å². The van der Waals surface area contributed by atoms with Crippen molar-refractivity contribution in [2.45, 2.75) is 106 Å². The lowest BCUT2D eigenvalue weighted by atomic mass is 9.87. The predicted molar refractivity (Wildman–Crippen MR) is 440 cm³/mol. The molecule has 514 valence electrons. The maximum atomic E-state index is 11.9. The van der Waals surface area contributed by atoms with Gasteiger partial charge < -0.3 is 9.47 Å². The highest BCUT2D eigenvalue weighted by molar-refractivity contribution is 5.91. The average Bonchev–Trinajstić information content (AvgIpc) is 0.877. The number of methoxy groups -OCH3 is 1. The van der Waals surface area contributed by atoms with Crippen LogP contribution in [0, 0.1) is 19.8 Å². The van der Waals surface area contributed by atoms with E-state index in [0.717, 1.165) is 37.3 Å². The highest BCUT2D eigenvalue weighted by atomic mass is 16.5. The lowest BCUT2D eigenvalue weighted by molar-refractivity contribution is -0.134. The number of aryl methyl sites for hydroxylation is 4. The second kappa shape index (κ2) is 49.8. The van der Waals surface area contributed by atoms with Crippen LogP contribution in [0.1, 0.15) is 157 Å². The molecular weight excluding hydrogens is 1210 g/mol. The first-order valence-electron chi connectivity index (χ1n) is 34.1. The fourth-order valence-electron chi connectivity index (χ4n) is 9.27. The van der Waals surface area contributed by atoms with Crippen molar-refractivity contribution in [1.29, 1.82) is 0 Å². The Hall–Kier alpha value is -10.7. The van der Waals surface area contributed by atoms with Crippen LogP contribution in [0.5, 0.6) is 0 Å². The summed E-state index contributed by atoms with van der Waals surface area (Å²) in [6, 6.07) is 78.3. The van der Waals surface area contributed by atoms with Gasteiger partial charge in [-0.2, -0.15) is 0 Å². The Bertz CT molecular complexity index is 3940. The second-order valence-corrected chi connectivity index (χ2v) is 24.0. The lowest BCUT2D eigenvalue weighted by Crippen LogP contribution is -2.14. The number of fused-ring (bicyclic) bond motifs is 2. The Morgan fingerprint density at radius 2 is 0.889 bits per heavy atom. The summed E-state index contributed by atoms with van der Waals surface area (Å²) in [5, 5.41) is 5.10. The van der Waals surface area contributed by atoms with Crippen molar-refractivity contribution in [2.24, 2.45) is 5.92 Å². The standard InChI is InChI=1S/C17H24O2.2C12H10.2C12H16.2C9H10.C8H8.C4H6O2/c1-4-7-8-15(6-3)13-19-17(18)16-11-9-14(5-2)10-12-16;1-2-10-7-5-8-11-6-3-4-9-12(10)11;1-2-10-7-8-11-5-3-4-6-12(11)9-10;1-5-10-6-8-11(9-7-10)12(2,3)4;1-4-10-7-8-11(5-2)12(6-3)9-10;2*1-3-9-6-4-8(2)5-7-9;1-2-8-6-4-3-5-7-8;1-3-4(5)6-2/h5,9-12,15H,2,4,6-8,13H2,1,3H3;2*2-9H,1H2;5-9H,1H2,2-4H3;5,7-9H,2,4,6H2,1,3H3;2*3-7H,1H2,2H3;2-7H,1H2;3H,1H2,2H3. The van der Waals surface area contributed by atoms with Gasteiger partial charge in [0.05, 0.1) is 19.3 Å². The third-order valence-electron chi connectivity index (χ3n) is 15.7. The molecule has 0 radical (unpaired) electrons. The molecule has 0 fully saturated rings. The second-order valence-electron chi connectivity index (χ2n) is 24.0. The average molecular weight is 1320 g/mol. The molecule has 0 saturated carbocycles. The normalized spacial score (nSPS) is 10.0. The number of hydrogen-bond acceptors (Lipinski definition) is 4. The van der Waals surface area contributed by atoms with Crippen molar-refractivity contribution in [3.8, 4) is 0 Å². The number of carbonyl (C=O) groups excluding carboxylic acids is 2. The topological polar surface area (TPSA) is 52.6 Å². The number of carbonyl (C=O) groups is 2. The minimum absolute atomic E-state index is 0.231. The summed E-state index contributed by atoms with van der Waals surface area (Å²) < 4.78 is 9.53. The third-order valence-corrected chi connectivity index (χ3v) is 15.7. The summed E-state index contributed by atoms with van der Waals surface area (Å²) in [6.45, 7) is 52.9. The van der Waals surface area contributed by atoms with Crippen LogP contribution in [0.3, 0.4) is 0 Å². The van der Waals surface area contributed by atoms with E-state index in [1.54, 1.807) is 18.2 Å². The number of ether oxygens (including phenoxy) is 2. The van der Waals surface area contributed by atoms with Crippen molar-refractivity contribution in [3.05, 3.63) is 374 Å². The molecule has 99 heavy (non-hydrogen) atoms. The summed E-state index contributed by atoms with van der Waals surface area (Å²) in [7, 11) is 1.31. The van der Waals surface area contributed by atoms with E-state index >= 15 is 0 Å². The van der Waals surface area contributed by atoms with Gasteiger partial charge in [-0.25, -0.2) is 9.59 Å². The van der Waals surface area contributed by atoms with Crippen molar-refractivity contribution in [2.75, 3.05) is 13.7 Å². The number of rotatable bonds is 18. The molecule has 10 aromatic rings. The molecule has 0 bridgehead atoms. The van der Waals surface area contributed by atoms with Gasteiger partial charge in [-0.05, 0) is 145 Å². The molecule has 0 aromatic heterocycles. The summed E-state index contributed by atoms with van der Waals surface area (Å²) in [4.78, 5) is 21.7. The number of unbranched alkanes of at least 4 members (excludes halogenated alkanes) is 1. The van der Waals surface area contributed by atoms with Crippen LogP contribution in [0.15, 0.2) is 296 Å². The first-order chi connectivity index (χ1) is 47.8. The minimum Gasteiger partial charge on any atom is -0.466 e. The molecule has 4 nitrogen and oxygen atoms in total. The first kappa shape index (κ1) is 84.4. The molecular formula is C95H110O4. The molecule has 1 atom stereocenters. The number of benzene rings is 10. The quantitative estimate of drug-likeness (QED) is 0.0635. The molecule has 10 aromatic carbocycles. The summed E-state index contributed by atoms with van der Waals surface area (Å²) in [6.07, 6.45) is 22.7. The molecule has 0 amide bonds. The SMILES string of the molecule is C=CC(=O)OC.C=Cc1ccc(C(=O)OCC(CC)CCCC)cc1.C=Cc1ccc(C(C)(C)C)cc1.C=Cc1ccc(C)cc1.C=Cc1ccc(C)cc1.C=Cc1ccc(CC)cc1CC.C=Cc1ccc2ccccc2c1.C=Cc1cccc2ccccc12.C=Cc1ccccc1. The van der Waals surface area contributed by atoms with Gasteiger partial charge in [0, 0.05) is 6.08 Å². The molecule has 0 spiro atoms. The van der Waals surface area contributed by atoms with E-state index < -0.39 is 5.97 Å². The van der Waals surface area contributed by atoms with Gasteiger partial charge >= 0.3 is 11.9 Å².